The van der Waals surface area contributed by atoms with E-state index in [0.29, 0.717) is 41.9 Å². The first-order valence-corrected chi connectivity index (χ1v) is 8.10. The molecule has 25 heavy (non-hydrogen) atoms. The molecule has 4 rings (SSSR count). The number of hydrogen-bond acceptors (Lipinski definition) is 6. The smallest absolute Gasteiger partial charge is 0.271 e. The van der Waals surface area contributed by atoms with E-state index in [4.69, 9.17) is 4.52 Å². The van der Waals surface area contributed by atoms with Crippen molar-refractivity contribution < 1.29 is 9.32 Å². The lowest BCUT2D eigenvalue weighted by Crippen LogP contribution is -2.32. The van der Waals surface area contributed by atoms with Crippen LogP contribution in [-0.4, -0.2) is 37.5 Å². The molecular weight excluding hydrogens is 320 g/mol. The Balaban J connectivity index is 1.58. The van der Waals surface area contributed by atoms with Crippen molar-refractivity contribution >= 4 is 5.91 Å². The van der Waals surface area contributed by atoms with Crippen molar-refractivity contribution in [3.8, 4) is 11.5 Å². The molecule has 4 heterocycles. The Labute approximate surface area is 144 Å². The molecule has 0 spiro atoms. The maximum Gasteiger partial charge on any atom is 0.271 e. The van der Waals surface area contributed by atoms with Gasteiger partial charge in [0.15, 0.2) is 0 Å². The van der Waals surface area contributed by atoms with Crippen LogP contribution in [0.5, 0.6) is 0 Å². The number of hydrogen-bond donors (Lipinski definition) is 2. The summed E-state index contributed by atoms with van der Waals surface area (Å²) < 4.78 is 5.29. The van der Waals surface area contributed by atoms with E-state index in [0.717, 1.165) is 12.1 Å². The highest BCUT2D eigenvalue weighted by molar-refractivity contribution is 5.93. The number of nitrogens with zero attached hydrogens (tertiary/aromatic N) is 4. The number of aromatic nitrogens is 5. The van der Waals surface area contributed by atoms with Crippen LogP contribution in [0.15, 0.2) is 28.9 Å². The second kappa shape index (κ2) is 5.80. The number of H-pyrrole nitrogens is 1. The molecule has 1 aliphatic rings. The second-order valence-electron chi connectivity index (χ2n) is 6.94. The molecule has 1 amide bonds. The highest BCUT2D eigenvalue weighted by Crippen LogP contribution is 2.25. The molecule has 0 unspecified atom stereocenters. The standard InChI is InChI=1S/C17H18N6O2/c1-17(2)8-11-14(16(24)19-9-17)21-12(20-11)7-13-22-15(23-25-13)10-5-3-4-6-18-10/h3-6H,7-9H2,1-2H3,(H,19,24)(H,20,21). The summed E-state index contributed by atoms with van der Waals surface area (Å²) in [6, 6.07) is 5.51. The Morgan fingerprint density at radius 1 is 1.28 bits per heavy atom. The molecule has 1 aliphatic heterocycles. The number of aromatic amines is 1. The van der Waals surface area contributed by atoms with Gasteiger partial charge < -0.3 is 14.8 Å². The number of pyridine rings is 1. The Bertz CT molecular complexity index is 912. The molecule has 128 valence electrons. The number of carbonyl (C=O) groups is 1. The molecule has 0 radical (unpaired) electrons. The summed E-state index contributed by atoms with van der Waals surface area (Å²) >= 11 is 0. The van der Waals surface area contributed by atoms with E-state index < -0.39 is 0 Å². The van der Waals surface area contributed by atoms with E-state index in [-0.39, 0.29) is 11.3 Å². The van der Waals surface area contributed by atoms with Crippen molar-refractivity contribution in [3.63, 3.8) is 0 Å². The molecule has 0 atom stereocenters. The fourth-order valence-electron chi connectivity index (χ4n) is 2.88. The Morgan fingerprint density at radius 2 is 2.16 bits per heavy atom. The molecule has 2 N–H and O–H groups in total. The van der Waals surface area contributed by atoms with E-state index in [2.05, 4.69) is 44.3 Å². The number of nitrogens with one attached hydrogen (secondary N) is 2. The summed E-state index contributed by atoms with van der Waals surface area (Å²) in [5.41, 5.74) is 1.92. The molecule has 0 bridgehead atoms. The van der Waals surface area contributed by atoms with Gasteiger partial charge in [0.05, 0.1) is 6.42 Å². The van der Waals surface area contributed by atoms with Crippen molar-refractivity contribution in [1.29, 1.82) is 0 Å². The van der Waals surface area contributed by atoms with Crippen molar-refractivity contribution in [1.82, 2.24) is 30.4 Å². The summed E-state index contributed by atoms with van der Waals surface area (Å²) in [6.07, 6.45) is 2.76. The van der Waals surface area contributed by atoms with E-state index in [1.807, 2.05) is 18.2 Å². The number of imidazole rings is 1. The minimum absolute atomic E-state index is 0.0264. The van der Waals surface area contributed by atoms with Crippen LogP contribution in [0.2, 0.25) is 0 Å². The fraction of sp³-hybridized carbons (Fsp3) is 0.353. The lowest BCUT2D eigenvalue weighted by Gasteiger charge is -2.21. The van der Waals surface area contributed by atoms with E-state index in [1.54, 1.807) is 6.20 Å². The minimum atomic E-state index is -0.150. The first-order chi connectivity index (χ1) is 12.0. The van der Waals surface area contributed by atoms with Crippen LogP contribution in [0.25, 0.3) is 11.5 Å². The Morgan fingerprint density at radius 3 is 2.96 bits per heavy atom. The van der Waals surface area contributed by atoms with Crippen LogP contribution in [0.3, 0.4) is 0 Å². The second-order valence-corrected chi connectivity index (χ2v) is 6.94. The van der Waals surface area contributed by atoms with E-state index in [1.165, 1.54) is 0 Å². The Kier molecular flexibility index (Phi) is 3.60. The zero-order valence-corrected chi connectivity index (χ0v) is 14.0. The normalized spacial score (nSPS) is 16.2. The molecule has 0 saturated heterocycles. The van der Waals surface area contributed by atoms with Gasteiger partial charge >= 0.3 is 0 Å². The van der Waals surface area contributed by atoms with Crippen molar-refractivity contribution in [2.45, 2.75) is 26.7 Å². The van der Waals surface area contributed by atoms with Crippen LogP contribution in [0.4, 0.5) is 0 Å². The summed E-state index contributed by atoms with van der Waals surface area (Å²) in [7, 11) is 0. The predicted molar refractivity (Wildman–Crippen MR) is 88.7 cm³/mol. The predicted octanol–water partition coefficient (Wildman–Crippen LogP) is 1.76. The summed E-state index contributed by atoms with van der Waals surface area (Å²) in [5.74, 6) is 1.34. The van der Waals surface area contributed by atoms with Crippen LogP contribution in [0.1, 0.15) is 41.7 Å². The number of carbonyl (C=O) groups excluding carboxylic acids is 1. The molecule has 0 fully saturated rings. The van der Waals surface area contributed by atoms with E-state index >= 15 is 0 Å². The highest BCUT2D eigenvalue weighted by atomic mass is 16.5. The molecule has 0 aliphatic carbocycles. The lowest BCUT2D eigenvalue weighted by molar-refractivity contribution is 0.0940. The van der Waals surface area contributed by atoms with Crippen LogP contribution in [0, 0.1) is 5.41 Å². The minimum Gasteiger partial charge on any atom is -0.350 e. The van der Waals surface area contributed by atoms with Gasteiger partial charge in [-0.25, -0.2) is 4.98 Å². The third kappa shape index (κ3) is 3.15. The zero-order chi connectivity index (χ0) is 17.4. The first kappa shape index (κ1) is 15.5. The van der Waals surface area contributed by atoms with Gasteiger partial charge in [0, 0.05) is 18.4 Å². The van der Waals surface area contributed by atoms with Gasteiger partial charge in [0.25, 0.3) is 5.91 Å². The molecule has 3 aromatic heterocycles. The van der Waals surface area contributed by atoms with Gasteiger partial charge in [-0.1, -0.05) is 25.1 Å². The number of rotatable bonds is 3. The van der Waals surface area contributed by atoms with Gasteiger partial charge in [0.1, 0.15) is 17.2 Å². The first-order valence-electron chi connectivity index (χ1n) is 8.10. The molecule has 0 aromatic carbocycles. The quantitative estimate of drug-likeness (QED) is 0.753. The van der Waals surface area contributed by atoms with Crippen LogP contribution < -0.4 is 5.32 Å². The summed E-state index contributed by atoms with van der Waals surface area (Å²) in [5, 5.41) is 6.86. The third-order valence-corrected chi connectivity index (χ3v) is 4.11. The number of fused-ring (bicyclic) bond motifs is 1. The van der Waals surface area contributed by atoms with Gasteiger partial charge in [-0.2, -0.15) is 4.98 Å². The van der Waals surface area contributed by atoms with Crippen LogP contribution in [-0.2, 0) is 12.8 Å². The zero-order valence-electron chi connectivity index (χ0n) is 14.0. The number of amides is 1. The van der Waals surface area contributed by atoms with Gasteiger partial charge in [-0.05, 0) is 24.0 Å². The summed E-state index contributed by atoms with van der Waals surface area (Å²) in [6.45, 7) is 4.85. The van der Waals surface area contributed by atoms with Crippen LogP contribution >= 0.6 is 0 Å². The van der Waals surface area contributed by atoms with Gasteiger partial charge in [0.2, 0.25) is 11.7 Å². The third-order valence-electron chi connectivity index (χ3n) is 4.11. The SMILES string of the molecule is CC1(C)CNC(=O)c2nc(Cc3nc(-c4ccccn4)no3)[nH]c2C1. The largest absolute Gasteiger partial charge is 0.350 e. The molecular formula is C17H18N6O2. The maximum absolute atomic E-state index is 12.2. The van der Waals surface area contributed by atoms with Crippen molar-refractivity contribution in [2.24, 2.45) is 5.41 Å². The van der Waals surface area contributed by atoms with Gasteiger partial charge in [-0.15, -0.1) is 0 Å². The lowest BCUT2D eigenvalue weighted by atomic mass is 9.88. The van der Waals surface area contributed by atoms with Gasteiger partial charge in [-0.3, -0.25) is 9.78 Å². The Hall–Kier alpha value is -3.03. The molecule has 3 aromatic rings. The maximum atomic E-state index is 12.2. The molecule has 0 saturated carbocycles. The van der Waals surface area contributed by atoms with Crippen molar-refractivity contribution in [2.75, 3.05) is 6.54 Å². The molecule has 8 nitrogen and oxygen atoms in total. The average Bonchev–Trinajstić information content (AvgIpc) is 3.18. The summed E-state index contributed by atoms with van der Waals surface area (Å²) in [4.78, 5) is 28.4. The average molecular weight is 338 g/mol. The molecule has 8 heteroatoms. The monoisotopic (exact) mass is 338 g/mol. The van der Waals surface area contributed by atoms with E-state index in [9.17, 15) is 4.79 Å². The fourth-order valence-corrected chi connectivity index (χ4v) is 2.88. The highest BCUT2D eigenvalue weighted by Gasteiger charge is 2.30. The van der Waals surface area contributed by atoms with Crippen molar-refractivity contribution in [3.05, 3.63) is 47.5 Å². The topological polar surface area (TPSA) is 110 Å².